The van der Waals surface area contributed by atoms with Gasteiger partial charge in [-0.15, -0.1) is 0 Å². The molecule has 0 amide bonds. The standard InChI is InChI=1S/C48H62O9Si/c1-10-31(4)39-42(43(53-44(49)35-20-13-11-14-21-35)47(54-39)57-58(8,9)48(6,7)30(2)3)56-45-32(5)40(50-28-33-25-26-34-19-17-18-24-37(34)27-33)41-38(52-45)29-51-46(55-41)36-22-15-12-16-23-36/h11-27,30-32,38-43,45-47H,10,28-29H2,1-9H3/t31-,32?,38?,39?,40?,41?,42?,43?,45?,46?,47?/m1/s1. The van der Waals surface area contributed by atoms with Crippen LogP contribution in [0.5, 0.6) is 0 Å². The molecule has 4 aromatic rings. The molecule has 10 unspecified atom stereocenters. The van der Waals surface area contributed by atoms with Gasteiger partial charge in [0.15, 0.2) is 33.3 Å². The summed E-state index contributed by atoms with van der Waals surface area (Å²) in [5, 5.41) is 2.22. The van der Waals surface area contributed by atoms with E-state index in [1.807, 2.05) is 60.7 Å². The topological polar surface area (TPSA) is 90.9 Å². The van der Waals surface area contributed by atoms with Crippen LogP contribution in [0.15, 0.2) is 103 Å². The molecule has 0 saturated carbocycles. The van der Waals surface area contributed by atoms with Crippen molar-refractivity contribution in [2.24, 2.45) is 17.8 Å². The molecule has 3 saturated heterocycles. The summed E-state index contributed by atoms with van der Waals surface area (Å²) in [5.74, 6) is -0.348. The second-order valence-corrected chi connectivity index (χ2v) is 22.3. The molecule has 312 valence electrons. The van der Waals surface area contributed by atoms with Crippen molar-refractivity contribution < 1.29 is 42.4 Å². The summed E-state index contributed by atoms with van der Waals surface area (Å²) in [6.07, 6.45) is -4.71. The Morgan fingerprint density at radius 2 is 1.48 bits per heavy atom. The van der Waals surface area contributed by atoms with E-state index in [4.69, 9.17) is 37.6 Å². The molecular weight excluding hydrogens is 749 g/mol. The van der Waals surface area contributed by atoms with Crippen LogP contribution in [0.3, 0.4) is 0 Å². The third-order valence-electron chi connectivity index (χ3n) is 13.3. The molecule has 0 spiro atoms. The van der Waals surface area contributed by atoms with Gasteiger partial charge in [0.25, 0.3) is 0 Å². The highest BCUT2D eigenvalue weighted by molar-refractivity contribution is 6.74. The minimum Gasteiger partial charge on any atom is -0.450 e. The zero-order chi connectivity index (χ0) is 41.2. The van der Waals surface area contributed by atoms with E-state index in [0.717, 1.165) is 22.9 Å². The molecule has 0 aliphatic carbocycles. The van der Waals surface area contributed by atoms with E-state index >= 15 is 0 Å². The van der Waals surface area contributed by atoms with E-state index < -0.39 is 69.8 Å². The van der Waals surface area contributed by atoms with Crippen molar-refractivity contribution in [2.45, 2.75) is 135 Å². The van der Waals surface area contributed by atoms with E-state index in [1.165, 1.54) is 5.39 Å². The molecule has 4 aromatic carbocycles. The zero-order valence-corrected chi connectivity index (χ0v) is 36.5. The normalized spacial score (nSPS) is 29.6. The maximum atomic E-state index is 13.9. The van der Waals surface area contributed by atoms with Gasteiger partial charge in [-0.1, -0.05) is 140 Å². The fraction of sp³-hybridized carbons (Fsp3) is 0.521. The molecule has 3 heterocycles. The van der Waals surface area contributed by atoms with Crippen LogP contribution < -0.4 is 0 Å². The average molecular weight is 811 g/mol. The molecule has 58 heavy (non-hydrogen) atoms. The fourth-order valence-electron chi connectivity index (χ4n) is 8.18. The van der Waals surface area contributed by atoms with E-state index in [9.17, 15) is 4.79 Å². The molecule has 0 N–H and O–H groups in total. The molecule has 3 aliphatic rings. The molecule has 7 rings (SSSR count). The van der Waals surface area contributed by atoms with E-state index in [0.29, 0.717) is 18.1 Å². The Kier molecular flexibility index (Phi) is 13.3. The van der Waals surface area contributed by atoms with Gasteiger partial charge in [-0.05, 0) is 64.5 Å². The second kappa shape index (κ2) is 18.0. The van der Waals surface area contributed by atoms with E-state index in [-0.39, 0.29) is 23.5 Å². The van der Waals surface area contributed by atoms with Gasteiger partial charge in [0.1, 0.15) is 18.3 Å². The Balaban J connectivity index is 1.20. The SMILES string of the molecule is CC[C@@H](C)C1OC(O[Si](C)(C)C(C)(C)C(C)C)C(OC(=O)c2ccccc2)C1OC1OC2COC(c3ccccc3)OC2C(OCc2ccc3ccccc3c2)C1C. The van der Waals surface area contributed by atoms with Gasteiger partial charge in [0, 0.05) is 11.5 Å². The first kappa shape index (κ1) is 42.7. The lowest BCUT2D eigenvalue weighted by Crippen LogP contribution is -2.61. The molecule has 0 bridgehead atoms. The number of rotatable bonds is 14. The summed E-state index contributed by atoms with van der Waals surface area (Å²) < 4.78 is 54.3. The predicted molar refractivity (Wildman–Crippen MR) is 226 cm³/mol. The number of carbonyl (C=O) groups excluding carboxylic acids is 1. The number of hydrogen-bond donors (Lipinski definition) is 0. The maximum Gasteiger partial charge on any atom is 0.338 e. The van der Waals surface area contributed by atoms with Crippen LogP contribution in [-0.4, -0.2) is 70.1 Å². The Morgan fingerprint density at radius 3 is 2.17 bits per heavy atom. The summed E-state index contributed by atoms with van der Waals surface area (Å²) in [5.41, 5.74) is 2.44. The van der Waals surface area contributed by atoms with Crippen molar-refractivity contribution in [1.29, 1.82) is 0 Å². The van der Waals surface area contributed by atoms with Gasteiger partial charge in [-0.3, -0.25) is 0 Å². The Labute approximate surface area is 345 Å². The highest BCUT2D eigenvalue weighted by atomic mass is 28.4. The largest absolute Gasteiger partial charge is 0.450 e. The number of carbonyl (C=O) groups is 1. The van der Waals surface area contributed by atoms with Crippen molar-refractivity contribution in [3.63, 3.8) is 0 Å². The van der Waals surface area contributed by atoms with Gasteiger partial charge < -0.3 is 37.6 Å². The van der Waals surface area contributed by atoms with Crippen LogP contribution in [0.1, 0.15) is 82.7 Å². The first-order chi connectivity index (χ1) is 27.8. The first-order valence-electron chi connectivity index (χ1n) is 21.1. The lowest BCUT2D eigenvalue weighted by atomic mass is 9.90. The van der Waals surface area contributed by atoms with Crippen LogP contribution >= 0.6 is 0 Å². The average Bonchev–Trinajstić information content (AvgIpc) is 3.55. The summed E-state index contributed by atoms with van der Waals surface area (Å²) >= 11 is 0. The summed E-state index contributed by atoms with van der Waals surface area (Å²) in [7, 11) is -2.49. The van der Waals surface area contributed by atoms with Crippen LogP contribution in [-0.2, 0) is 44.2 Å². The smallest absolute Gasteiger partial charge is 0.338 e. The molecule has 0 aromatic heterocycles. The minimum atomic E-state index is -2.49. The van der Waals surface area contributed by atoms with Crippen LogP contribution in [0, 0.1) is 17.8 Å². The summed E-state index contributed by atoms with van der Waals surface area (Å²) in [4.78, 5) is 13.9. The zero-order valence-electron chi connectivity index (χ0n) is 35.5. The third-order valence-corrected chi connectivity index (χ3v) is 17.8. The van der Waals surface area contributed by atoms with Gasteiger partial charge in [0.05, 0.1) is 31.0 Å². The molecular formula is C48H62O9Si. The van der Waals surface area contributed by atoms with Crippen molar-refractivity contribution >= 4 is 25.1 Å². The van der Waals surface area contributed by atoms with Gasteiger partial charge >= 0.3 is 5.97 Å². The van der Waals surface area contributed by atoms with E-state index in [1.54, 1.807) is 12.1 Å². The second-order valence-electron chi connectivity index (χ2n) is 17.7. The van der Waals surface area contributed by atoms with Crippen LogP contribution in [0.2, 0.25) is 18.1 Å². The lowest BCUT2D eigenvalue weighted by molar-refractivity contribution is -0.365. The van der Waals surface area contributed by atoms with Crippen LogP contribution in [0.4, 0.5) is 0 Å². The molecule has 3 aliphatic heterocycles. The fourth-order valence-corrected chi connectivity index (χ4v) is 10.6. The Bertz CT molecular complexity index is 1950. The van der Waals surface area contributed by atoms with Crippen molar-refractivity contribution in [1.82, 2.24) is 0 Å². The Morgan fingerprint density at radius 1 is 0.810 bits per heavy atom. The number of fused-ring (bicyclic) bond motifs is 2. The molecule has 11 atom stereocenters. The predicted octanol–water partition coefficient (Wildman–Crippen LogP) is 10.2. The summed E-state index contributed by atoms with van der Waals surface area (Å²) in [6.45, 7) is 20.4. The van der Waals surface area contributed by atoms with Crippen molar-refractivity contribution in [2.75, 3.05) is 6.61 Å². The lowest BCUT2D eigenvalue weighted by Gasteiger charge is -2.49. The molecule has 3 fully saturated rings. The monoisotopic (exact) mass is 810 g/mol. The summed E-state index contributed by atoms with van der Waals surface area (Å²) in [6, 6.07) is 33.7. The van der Waals surface area contributed by atoms with Crippen LogP contribution in [0.25, 0.3) is 10.8 Å². The highest BCUT2D eigenvalue weighted by Gasteiger charge is 2.57. The Hall–Kier alpha value is -3.45. The highest BCUT2D eigenvalue weighted by Crippen LogP contribution is 2.48. The van der Waals surface area contributed by atoms with E-state index in [2.05, 4.69) is 91.9 Å². The quantitative estimate of drug-likeness (QED) is 0.0912. The maximum absolute atomic E-state index is 13.9. The van der Waals surface area contributed by atoms with Crippen molar-refractivity contribution in [3.8, 4) is 0 Å². The molecule has 10 heteroatoms. The third kappa shape index (κ3) is 9.00. The number of esters is 1. The van der Waals surface area contributed by atoms with Gasteiger partial charge in [-0.2, -0.15) is 0 Å². The molecule has 0 radical (unpaired) electrons. The minimum absolute atomic E-state index is 0.0546. The first-order valence-corrected chi connectivity index (χ1v) is 24.0. The van der Waals surface area contributed by atoms with Gasteiger partial charge in [0.2, 0.25) is 0 Å². The van der Waals surface area contributed by atoms with Gasteiger partial charge in [-0.25, -0.2) is 4.79 Å². The molecule has 9 nitrogen and oxygen atoms in total. The number of benzene rings is 4. The number of hydrogen-bond acceptors (Lipinski definition) is 9. The number of ether oxygens (including phenoxy) is 7. The van der Waals surface area contributed by atoms with Crippen molar-refractivity contribution in [3.05, 3.63) is 120 Å².